The molecule has 0 fully saturated rings. The molecule has 2 aromatic heterocycles. The summed E-state index contributed by atoms with van der Waals surface area (Å²) < 4.78 is 1.84. The van der Waals surface area contributed by atoms with Crippen molar-refractivity contribution >= 4 is 51.5 Å². The van der Waals surface area contributed by atoms with Crippen molar-refractivity contribution in [3.05, 3.63) is 45.9 Å². The number of halogens is 2. The molecular weight excluding hydrogens is 367 g/mol. The second kappa shape index (κ2) is 7.98. The van der Waals surface area contributed by atoms with Crippen LogP contribution in [-0.4, -0.2) is 35.8 Å². The number of aryl methyl sites for hydroxylation is 1. The number of likely N-dealkylation sites (N-methyl/N-ethyl adjacent to an activating group) is 1. The van der Waals surface area contributed by atoms with Gasteiger partial charge in [0.15, 0.2) is 0 Å². The third-order valence-corrected chi connectivity index (χ3v) is 4.83. The quantitative estimate of drug-likeness (QED) is 0.662. The Bertz CT molecular complexity index is 859. The van der Waals surface area contributed by atoms with Gasteiger partial charge in [0, 0.05) is 23.5 Å². The van der Waals surface area contributed by atoms with Crippen LogP contribution in [0.15, 0.2) is 30.3 Å². The minimum atomic E-state index is -0.0569. The Morgan fingerprint density at radius 1 is 1.33 bits per heavy atom. The fraction of sp³-hybridized carbons (Fsp3) is 0.250. The highest BCUT2D eigenvalue weighted by molar-refractivity contribution is 7.20. The summed E-state index contributed by atoms with van der Waals surface area (Å²) in [5.74, 6) is -0.0569. The molecule has 2 heterocycles. The molecule has 0 aliphatic heterocycles. The number of amides is 1. The van der Waals surface area contributed by atoms with Gasteiger partial charge in [0.25, 0.3) is 5.91 Å². The molecule has 2 N–H and O–H groups in total. The molecule has 0 radical (unpaired) electrons. The number of nitrogens with zero attached hydrogens (tertiary/aromatic N) is 2. The summed E-state index contributed by atoms with van der Waals surface area (Å²) in [7, 11) is 1.86. The van der Waals surface area contributed by atoms with E-state index in [1.807, 2.05) is 49.0 Å². The van der Waals surface area contributed by atoms with Crippen molar-refractivity contribution in [2.24, 2.45) is 0 Å². The molecule has 24 heavy (non-hydrogen) atoms. The Labute approximate surface area is 155 Å². The zero-order chi connectivity index (χ0) is 16.4. The zero-order valence-corrected chi connectivity index (χ0v) is 15.7. The molecule has 1 aromatic carbocycles. The minimum absolute atomic E-state index is 0. The molecule has 0 bridgehead atoms. The number of carbonyl (C=O) groups excluding carboxylic acids is 1. The van der Waals surface area contributed by atoms with Gasteiger partial charge in [-0.2, -0.15) is 5.10 Å². The topological polar surface area (TPSA) is 58.9 Å². The highest BCUT2D eigenvalue weighted by Crippen LogP contribution is 2.30. The van der Waals surface area contributed by atoms with E-state index in [4.69, 9.17) is 11.6 Å². The molecule has 0 atom stereocenters. The minimum Gasteiger partial charge on any atom is -0.350 e. The van der Waals surface area contributed by atoms with E-state index in [1.54, 1.807) is 0 Å². The normalized spacial score (nSPS) is 10.6. The van der Waals surface area contributed by atoms with E-state index in [-0.39, 0.29) is 18.3 Å². The lowest BCUT2D eigenvalue weighted by Gasteiger charge is -2.03. The van der Waals surface area contributed by atoms with Crippen molar-refractivity contribution in [1.82, 2.24) is 20.4 Å². The first-order chi connectivity index (χ1) is 11.1. The average Bonchev–Trinajstić information content (AvgIpc) is 3.08. The van der Waals surface area contributed by atoms with Crippen molar-refractivity contribution < 1.29 is 4.79 Å². The molecule has 0 spiro atoms. The number of thiophene rings is 1. The van der Waals surface area contributed by atoms with E-state index < -0.39 is 0 Å². The lowest BCUT2D eigenvalue weighted by molar-refractivity contribution is 0.0958. The van der Waals surface area contributed by atoms with Crippen LogP contribution in [0.3, 0.4) is 0 Å². The SMILES string of the molecule is CNCCNC(=O)c1cc2c(C)nn(-c3cccc(Cl)c3)c2s1.Cl. The summed E-state index contributed by atoms with van der Waals surface area (Å²) in [4.78, 5) is 13.9. The summed E-state index contributed by atoms with van der Waals surface area (Å²) in [6, 6.07) is 9.43. The van der Waals surface area contributed by atoms with Gasteiger partial charge in [-0.25, -0.2) is 4.68 Å². The Morgan fingerprint density at radius 2 is 2.12 bits per heavy atom. The van der Waals surface area contributed by atoms with Gasteiger partial charge in [-0.05, 0) is 38.2 Å². The van der Waals surface area contributed by atoms with Crippen LogP contribution >= 0.6 is 35.3 Å². The fourth-order valence-electron chi connectivity index (χ4n) is 2.33. The number of fused-ring (bicyclic) bond motifs is 1. The molecule has 5 nitrogen and oxygen atoms in total. The predicted octanol–water partition coefficient (Wildman–Crippen LogP) is 3.42. The molecule has 3 rings (SSSR count). The Hall–Kier alpha value is -1.60. The Kier molecular flexibility index (Phi) is 6.23. The average molecular weight is 385 g/mol. The predicted molar refractivity (Wildman–Crippen MR) is 102 cm³/mol. The molecule has 1 amide bonds. The first kappa shape index (κ1) is 18.7. The molecule has 8 heteroatoms. The second-order valence-corrected chi connectivity index (χ2v) is 6.63. The van der Waals surface area contributed by atoms with E-state index in [2.05, 4.69) is 15.7 Å². The van der Waals surface area contributed by atoms with Crippen molar-refractivity contribution in [3.63, 3.8) is 0 Å². The number of hydrogen-bond acceptors (Lipinski definition) is 4. The van der Waals surface area contributed by atoms with Gasteiger partial charge in [0.1, 0.15) is 4.83 Å². The highest BCUT2D eigenvalue weighted by Gasteiger charge is 2.17. The van der Waals surface area contributed by atoms with E-state index >= 15 is 0 Å². The van der Waals surface area contributed by atoms with Crippen LogP contribution in [0.5, 0.6) is 0 Å². The lowest BCUT2D eigenvalue weighted by atomic mass is 10.3. The van der Waals surface area contributed by atoms with Gasteiger partial charge < -0.3 is 10.6 Å². The number of benzene rings is 1. The number of carbonyl (C=O) groups is 1. The maximum atomic E-state index is 12.2. The van der Waals surface area contributed by atoms with Crippen LogP contribution in [0.4, 0.5) is 0 Å². The molecule has 0 aliphatic carbocycles. The second-order valence-electron chi connectivity index (χ2n) is 5.17. The molecule has 0 unspecified atom stereocenters. The lowest BCUT2D eigenvalue weighted by Crippen LogP contribution is -2.29. The third kappa shape index (κ3) is 3.72. The van der Waals surface area contributed by atoms with Crippen LogP contribution in [0.2, 0.25) is 5.02 Å². The fourth-order valence-corrected chi connectivity index (χ4v) is 3.61. The van der Waals surface area contributed by atoms with Gasteiger partial charge >= 0.3 is 0 Å². The van der Waals surface area contributed by atoms with Gasteiger partial charge in [-0.3, -0.25) is 4.79 Å². The maximum absolute atomic E-state index is 12.2. The molecule has 0 saturated carbocycles. The summed E-state index contributed by atoms with van der Waals surface area (Å²) in [6.07, 6.45) is 0. The number of nitrogens with one attached hydrogen (secondary N) is 2. The molecular formula is C16H18Cl2N4OS. The largest absolute Gasteiger partial charge is 0.350 e. The monoisotopic (exact) mass is 384 g/mol. The van der Waals surface area contributed by atoms with Crippen LogP contribution in [0.25, 0.3) is 15.9 Å². The summed E-state index contributed by atoms with van der Waals surface area (Å²) in [6.45, 7) is 3.29. The smallest absolute Gasteiger partial charge is 0.261 e. The molecule has 128 valence electrons. The van der Waals surface area contributed by atoms with Crippen molar-refractivity contribution in [3.8, 4) is 5.69 Å². The maximum Gasteiger partial charge on any atom is 0.261 e. The number of rotatable bonds is 5. The zero-order valence-electron chi connectivity index (χ0n) is 13.3. The van der Waals surface area contributed by atoms with E-state index in [0.717, 1.165) is 28.1 Å². The first-order valence-electron chi connectivity index (χ1n) is 7.28. The number of aromatic nitrogens is 2. The van der Waals surface area contributed by atoms with E-state index in [0.29, 0.717) is 16.4 Å². The molecule has 0 aliphatic rings. The molecule has 0 saturated heterocycles. The summed E-state index contributed by atoms with van der Waals surface area (Å²) in [5.41, 5.74) is 1.78. The number of hydrogen-bond donors (Lipinski definition) is 2. The van der Waals surface area contributed by atoms with Gasteiger partial charge in [0.2, 0.25) is 0 Å². The van der Waals surface area contributed by atoms with E-state index in [9.17, 15) is 4.79 Å². The first-order valence-corrected chi connectivity index (χ1v) is 8.47. The Morgan fingerprint density at radius 3 is 2.83 bits per heavy atom. The Balaban J connectivity index is 0.00000208. The van der Waals surface area contributed by atoms with Gasteiger partial charge in [0.05, 0.1) is 16.3 Å². The van der Waals surface area contributed by atoms with E-state index in [1.165, 1.54) is 11.3 Å². The van der Waals surface area contributed by atoms with Gasteiger partial charge in [-0.15, -0.1) is 23.7 Å². The third-order valence-electron chi connectivity index (χ3n) is 3.48. The molecule has 3 aromatic rings. The van der Waals surface area contributed by atoms with Crippen molar-refractivity contribution in [2.75, 3.05) is 20.1 Å². The summed E-state index contributed by atoms with van der Waals surface area (Å²) >= 11 is 7.51. The van der Waals surface area contributed by atoms with Crippen LogP contribution in [0, 0.1) is 6.92 Å². The van der Waals surface area contributed by atoms with Crippen molar-refractivity contribution in [1.29, 1.82) is 0 Å². The van der Waals surface area contributed by atoms with Gasteiger partial charge in [-0.1, -0.05) is 17.7 Å². The standard InChI is InChI=1S/C16H17ClN4OS.ClH/c1-10-13-9-14(15(22)19-7-6-18-2)23-16(13)21(20-10)12-5-3-4-11(17)8-12;/h3-5,8-9,18H,6-7H2,1-2H3,(H,19,22);1H. The highest BCUT2D eigenvalue weighted by atomic mass is 35.5. The van der Waals surface area contributed by atoms with Crippen LogP contribution in [-0.2, 0) is 0 Å². The van der Waals surface area contributed by atoms with Crippen molar-refractivity contribution in [2.45, 2.75) is 6.92 Å². The summed E-state index contributed by atoms with van der Waals surface area (Å²) in [5, 5.41) is 12.1. The van der Waals surface area contributed by atoms with Crippen LogP contribution in [0.1, 0.15) is 15.4 Å². The van der Waals surface area contributed by atoms with Crippen LogP contribution < -0.4 is 10.6 Å².